The van der Waals surface area contributed by atoms with Gasteiger partial charge in [-0.15, -0.1) is 0 Å². The molecule has 0 radical (unpaired) electrons. The molecule has 0 amide bonds. The third kappa shape index (κ3) is 2.08. The van der Waals surface area contributed by atoms with Gasteiger partial charge in [0.2, 0.25) is 0 Å². The second-order valence-electron chi connectivity index (χ2n) is 4.62. The van der Waals surface area contributed by atoms with Crippen LogP contribution in [0.25, 0.3) is 5.95 Å². The smallest absolute Gasteiger partial charge is 0.217 e. The first-order valence-electron chi connectivity index (χ1n) is 5.00. The van der Waals surface area contributed by atoms with Gasteiger partial charge in [-0.3, -0.25) is 0 Å². The fraction of sp³-hybridized carbons (Fsp3) is 0.364. The Morgan fingerprint density at radius 1 is 1.12 bits per heavy atom. The summed E-state index contributed by atoms with van der Waals surface area (Å²) in [5, 5.41) is 4.15. The fourth-order valence-corrected chi connectivity index (χ4v) is 1.24. The van der Waals surface area contributed by atoms with E-state index in [0.29, 0.717) is 5.95 Å². The van der Waals surface area contributed by atoms with Crippen molar-refractivity contribution in [3.8, 4) is 5.95 Å². The van der Waals surface area contributed by atoms with Crippen LogP contribution in [-0.4, -0.2) is 19.7 Å². The zero-order chi connectivity index (χ0) is 11.8. The molecule has 0 N–H and O–H groups in total. The molecule has 0 unspecified atom stereocenters. The molecule has 2 heterocycles. The molecule has 16 heavy (non-hydrogen) atoms. The van der Waals surface area contributed by atoms with Gasteiger partial charge in [-0.25, -0.2) is 19.0 Å². The first kappa shape index (κ1) is 10.7. The lowest BCUT2D eigenvalue weighted by Gasteiger charge is -2.14. The first-order chi connectivity index (χ1) is 7.47. The van der Waals surface area contributed by atoms with Crippen molar-refractivity contribution >= 4 is 0 Å². The van der Waals surface area contributed by atoms with Gasteiger partial charge in [-0.1, -0.05) is 20.8 Å². The minimum atomic E-state index is -0.452. The van der Waals surface area contributed by atoms with Crippen molar-refractivity contribution in [2.45, 2.75) is 26.2 Å². The number of aromatic nitrogens is 4. The van der Waals surface area contributed by atoms with Crippen LogP contribution in [0.15, 0.2) is 24.8 Å². The van der Waals surface area contributed by atoms with Crippen molar-refractivity contribution in [3.63, 3.8) is 0 Å². The lowest BCUT2D eigenvalue weighted by molar-refractivity contribution is 0.589. The topological polar surface area (TPSA) is 43.6 Å². The lowest BCUT2D eigenvalue weighted by atomic mass is 9.90. The largest absolute Gasteiger partial charge is 0.250 e. The summed E-state index contributed by atoms with van der Waals surface area (Å²) in [4.78, 5) is 7.72. The molecule has 4 nitrogen and oxygen atoms in total. The van der Waals surface area contributed by atoms with E-state index < -0.39 is 5.82 Å². The molecular weight excluding hydrogens is 207 g/mol. The molecule has 2 aromatic heterocycles. The second kappa shape index (κ2) is 3.66. The number of nitrogens with zero attached hydrogens (tertiary/aromatic N) is 4. The Morgan fingerprint density at radius 2 is 1.75 bits per heavy atom. The van der Waals surface area contributed by atoms with Gasteiger partial charge in [0.25, 0.3) is 5.95 Å². The summed E-state index contributed by atoms with van der Waals surface area (Å²) >= 11 is 0. The van der Waals surface area contributed by atoms with Gasteiger partial charge in [0.1, 0.15) is 0 Å². The molecule has 2 aromatic rings. The van der Waals surface area contributed by atoms with Gasteiger partial charge in [0.15, 0.2) is 5.82 Å². The van der Waals surface area contributed by atoms with Crippen molar-refractivity contribution in [2.24, 2.45) is 0 Å². The second-order valence-corrected chi connectivity index (χ2v) is 4.62. The van der Waals surface area contributed by atoms with Crippen LogP contribution >= 0.6 is 0 Å². The molecular formula is C11H13FN4. The average Bonchev–Trinajstić information content (AvgIpc) is 2.67. The van der Waals surface area contributed by atoms with Gasteiger partial charge in [-0.2, -0.15) is 5.10 Å². The van der Waals surface area contributed by atoms with Crippen LogP contribution in [0.1, 0.15) is 26.3 Å². The van der Waals surface area contributed by atoms with E-state index >= 15 is 0 Å². The Hall–Kier alpha value is -1.78. The first-order valence-corrected chi connectivity index (χ1v) is 5.00. The standard InChI is InChI=1S/C11H13FN4/c1-11(2,3)8-4-15-16(7-8)10-13-5-9(12)6-14-10/h4-7H,1-3H3. The third-order valence-electron chi connectivity index (χ3n) is 2.26. The van der Waals surface area contributed by atoms with Crippen LogP contribution in [0.4, 0.5) is 4.39 Å². The number of hydrogen-bond donors (Lipinski definition) is 0. The quantitative estimate of drug-likeness (QED) is 0.739. The summed E-state index contributed by atoms with van der Waals surface area (Å²) < 4.78 is 14.2. The molecule has 0 saturated carbocycles. The van der Waals surface area contributed by atoms with E-state index in [1.54, 1.807) is 10.9 Å². The Kier molecular flexibility index (Phi) is 2.46. The summed E-state index contributed by atoms with van der Waals surface area (Å²) in [6, 6.07) is 0. The van der Waals surface area contributed by atoms with Gasteiger partial charge in [0.05, 0.1) is 18.6 Å². The number of halogens is 1. The van der Waals surface area contributed by atoms with Crippen LogP contribution in [0.5, 0.6) is 0 Å². The van der Waals surface area contributed by atoms with Crippen LogP contribution in [0.3, 0.4) is 0 Å². The zero-order valence-electron chi connectivity index (χ0n) is 9.48. The summed E-state index contributed by atoms with van der Waals surface area (Å²) in [6.07, 6.45) is 5.88. The van der Waals surface area contributed by atoms with Crippen LogP contribution in [-0.2, 0) is 5.41 Å². The minimum absolute atomic E-state index is 0.0261. The van der Waals surface area contributed by atoms with Crippen molar-refractivity contribution in [1.82, 2.24) is 19.7 Å². The van der Waals surface area contributed by atoms with Gasteiger partial charge < -0.3 is 0 Å². The summed E-state index contributed by atoms with van der Waals surface area (Å²) in [7, 11) is 0. The molecule has 0 aromatic carbocycles. The number of hydrogen-bond acceptors (Lipinski definition) is 3. The lowest BCUT2D eigenvalue weighted by Crippen LogP contribution is -2.09. The highest BCUT2D eigenvalue weighted by atomic mass is 19.1. The highest BCUT2D eigenvalue weighted by Gasteiger charge is 2.16. The Balaban J connectivity index is 2.35. The summed E-state index contributed by atoms with van der Waals surface area (Å²) in [5.41, 5.74) is 1.11. The molecule has 0 aliphatic heterocycles. The van der Waals surface area contributed by atoms with Crippen molar-refractivity contribution in [1.29, 1.82) is 0 Å². The SMILES string of the molecule is CC(C)(C)c1cnn(-c2ncc(F)cn2)c1. The van der Waals surface area contributed by atoms with E-state index in [-0.39, 0.29) is 5.41 Å². The highest BCUT2D eigenvalue weighted by Crippen LogP contribution is 2.21. The maximum absolute atomic E-state index is 12.6. The molecule has 0 fully saturated rings. The molecule has 0 saturated heterocycles. The fourth-order valence-electron chi connectivity index (χ4n) is 1.24. The zero-order valence-corrected chi connectivity index (χ0v) is 9.48. The molecule has 0 aliphatic rings. The molecule has 0 atom stereocenters. The third-order valence-corrected chi connectivity index (χ3v) is 2.26. The van der Waals surface area contributed by atoms with E-state index in [1.807, 2.05) is 6.20 Å². The average molecular weight is 220 g/mol. The number of rotatable bonds is 1. The van der Waals surface area contributed by atoms with Gasteiger partial charge in [-0.05, 0) is 11.0 Å². The maximum atomic E-state index is 12.6. The van der Waals surface area contributed by atoms with Crippen molar-refractivity contribution in [2.75, 3.05) is 0 Å². The molecule has 84 valence electrons. The Labute approximate surface area is 93.2 Å². The highest BCUT2D eigenvalue weighted by molar-refractivity contribution is 5.20. The van der Waals surface area contributed by atoms with E-state index in [0.717, 1.165) is 18.0 Å². The predicted molar refractivity (Wildman–Crippen MR) is 57.8 cm³/mol. The van der Waals surface area contributed by atoms with Crippen molar-refractivity contribution < 1.29 is 4.39 Å². The van der Waals surface area contributed by atoms with E-state index in [1.165, 1.54) is 0 Å². The Bertz CT molecular complexity index is 481. The van der Waals surface area contributed by atoms with Crippen LogP contribution in [0, 0.1) is 5.82 Å². The van der Waals surface area contributed by atoms with Crippen LogP contribution < -0.4 is 0 Å². The molecule has 0 spiro atoms. The van der Waals surface area contributed by atoms with Gasteiger partial charge in [0, 0.05) is 6.20 Å². The van der Waals surface area contributed by atoms with Crippen LogP contribution in [0.2, 0.25) is 0 Å². The minimum Gasteiger partial charge on any atom is -0.217 e. The predicted octanol–water partition coefficient (Wildman–Crippen LogP) is 2.10. The van der Waals surface area contributed by atoms with E-state index in [9.17, 15) is 4.39 Å². The molecule has 0 aliphatic carbocycles. The van der Waals surface area contributed by atoms with E-state index in [2.05, 4.69) is 35.8 Å². The normalized spacial score (nSPS) is 11.8. The van der Waals surface area contributed by atoms with Gasteiger partial charge >= 0.3 is 0 Å². The summed E-state index contributed by atoms with van der Waals surface area (Å²) in [6.45, 7) is 6.29. The summed E-state index contributed by atoms with van der Waals surface area (Å²) in [5.74, 6) is -0.0798. The maximum Gasteiger partial charge on any atom is 0.250 e. The Morgan fingerprint density at radius 3 is 2.25 bits per heavy atom. The van der Waals surface area contributed by atoms with E-state index in [4.69, 9.17) is 0 Å². The van der Waals surface area contributed by atoms with Crippen molar-refractivity contribution in [3.05, 3.63) is 36.2 Å². The molecule has 0 bridgehead atoms. The molecule has 5 heteroatoms. The molecule has 2 rings (SSSR count). The monoisotopic (exact) mass is 220 g/mol.